The lowest BCUT2D eigenvalue weighted by molar-refractivity contribution is -0.156. The molecule has 0 unspecified atom stereocenters. The van der Waals surface area contributed by atoms with Crippen molar-refractivity contribution >= 4 is 17.7 Å². The summed E-state index contributed by atoms with van der Waals surface area (Å²) in [7, 11) is 0. The minimum atomic E-state index is -1.15. The molecule has 130 valence electrons. The molecule has 0 saturated heterocycles. The van der Waals surface area contributed by atoms with Gasteiger partial charge in [0.05, 0.1) is 13.2 Å². The summed E-state index contributed by atoms with van der Waals surface area (Å²) in [6.07, 6.45) is 0. The van der Waals surface area contributed by atoms with Crippen molar-refractivity contribution in [2.24, 2.45) is 0 Å². The number of carbonyl (C=O) groups is 3. The Balaban J connectivity index is 2.27. The zero-order valence-corrected chi connectivity index (χ0v) is 14.2. The van der Waals surface area contributed by atoms with E-state index < -0.39 is 17.9 Å². The van der Waals surface area contributed by atoms with Crippen molar-refractivity contribution in [1.29, 1.82) is 0 Å². The van der Waals surface area contributed by atoms with Crippen molar-refractivity contribution < 1.29 is 23.9 Å². The highest BCUT2D eigenvalue weighted by atomic mass is 16.6. The average molecular weight is 340 g/mol. The van der Waals surface area contributed by atoms with E-state index in [2.05, 4.69) is 0 Å². The van der Waals surface area contributed by atoms with Crippen LogP contribution in [0.4, 0.5) is 0 Å². The Morgan fingerprint density at radius 1 is 0.760 bits per heavy atom. The third-order valence-electron chi connectivity index (χ3n) is 3.59. The first-order chi connectivity index (χ1) is 12.1. The maximum Gasteiger partial charge on any atom is 0.324 e. The molecule has 0 radical (unpaired) electrons. The van der Waals surface area contributed by atoms with Gasteiger partial charge in [0.15, 0.2) is 11.7 Å². The molecule has 5 heteroatoms. The van der Waals surface area contributed by atoms with Gasteiger partial charge in [-0.05, 0) is 19.4 Å². The van der Waals surface area contributed by atoms with Gasteiger partial charge in [-0.25, -0.2) is 0 Å². The van der Waals surface area contributed by atoms with E-state index in [-0.39, 0.29) is 19.0 Å². The van der Waals surface area contributed by atoms with Crippen LogP contribution >= 0.6 is 0 Å². The zero-order chi connectivity index (χ0) is 18.2. The summed E-state index contributed by atoms with van der Waals surface area (Å²) in [4.78, 5) is 36.6. The molecule has 0 heterocycles. The fraction of sp³-hybridized carbons (Fsp3) is 0.250. The molecule has 0 atom stereocenters. The van der Waals surface area contributed by atoms with Crippen molar-refractivity contribution in [2.75, 3.05) is 13.2 Å². The second kappa shape index (κ2) is 8.78. The monoisotopic (exact) mass is 340 g/mol. The van der Waals surface area contributed by atoms with Crippen molar-refractivity contribution in [3.63, 3.8) is 0 Å². The number of carbonyl (C=O) groups excluding carboxylic acids is 3. The van der Waals surface area contributed by atoms with Gasteiger partial charge in [0.1, 0.15) is 0 Å². The summed E-state index contributed by atoms with van der Waals surface area (Å²) in [5, 5.41) is 0. The summed E-state index contributed by atoms with van der Waals surface area (Å²) in [5.74, 6) is -2.61. The van der Waals surface area contributed by atoms with Gasteiger partial charge in [-0.3, -0.25) is 14.4 Å². The summed E-state index contributed by atoms with van der Waals surface area (Å²) < 4.78 is 9.93. The summed E-state index contributed by atoms with van der Waals surface area (Å²) in [5.41, 5.74) is 1.48. The largest absolute Gasteiger partial charge is 0.465 e. The Kier molecular flexibility index (Phi) is 6.46. The molecule has 0 saturated carbocycles. The molecule has 0 aliphatic heterocycles. The topological polar surface area (TPSA) is 69.7 Å². The summed E-state index contributed by atoms with van der Waals surface area (Å²) >= 11 is 0. The molecule has 5 nitrogen and oxygen atoms in total. The van der Waals surface area contributed by atoms with Crippen LogP contribution in [0.1, 0.15) is 41.3 Å². The van der Waals surface area contributed by atoms with Crippen LogP contribution in [0.25, 0.3) is 0 Å². The van der Waals surface area contributed by atoms with Crippen LogP contribution in [0.3, 0.4) is 0 Å². The molecule has 0 bridgehead atoms. The molecule has 2 aromatic rings. The van der Waals surface area contributed by atoms with Crippen LogP contribution in [0.5, 0.6) is 0 Å². The Morgan fingerprint density at radius 2 is 1.24 bits per heavy atom. The zero-order valence-electron chi connectivity index (χ0n) is 14.2. The van der Waals surface area contributed by atoms with E-state index in [9.17, 15) is 14.4 Å². The van der Waals surface area contributed by atoms with Gasteiger partial charge < -0.3 is 9.47 Å². The van der Waals surface area contributed by atoms with E-state index in [4.69, 9.17) is 9.47 Å². The second-order valence-electron chi connectivity index (χ2n) is 5.25. The summed E-state index contributed by atoms with van der Waals surface area (Å²) in [6, 6.07) is 15.2. The van der Waals surface area contributed by atoms with Crippen molar-refractivity contribution in [1.82, 2.24) is 0 Å². The molecular formula is C20H20O5. The summed E-state index contributed by atoms with van der Waals surface area (Å²) in [6.45, 7) is 3.67. The number of esters is 2. The third-order valence-corrected chi connectivity index (χ3v) is 3.59. The third kappa shape index (κ3) is 4.53. The molecule has 0 fully saturated rings. The van der Waals surface area contributed by atoms with E-state index in [0.717, 1.165) is 0 Å². The van der Waals surface area contributed by atoms with Crippen molar-refractivity contribution in [3.05, 3.63) is 71.3 Å². The highest BCUT2D eigenvalue weighted by molar-refractivity contribution is 6.09. The minimum absolute atomic E-state index is 0.129. The number of rotatable bonds is 7. The van der Waals surface area contributed by atoms with E-state index in [1.54, 1.807) is 62.4 Å². The van der Waals surface area contributed by atoms with Gasteiger partial charge in [-0.15, -0.1) is 0 Å². The molecule has 0 N–H and O–H groups in total. The normalized spacial score (nSPS) is 10.4. The Morgan fingerprint density at radius 3 is 1.72 bits per heavy atom. The molecule has 0 aromatic heterocycles. The number of ether oxygens (including phenoxy) is 2. The van der Waals surface area contributed by atoms with E-state index in [0.29, 0.717) is 16.7 Å². The lowest BCUT2D eigenvalue weighted by Crippen LogP contribution is -2.26. The Labute approximate surface area is 146 Å². The average Bonchev–Trinajstić information content (AvgIpc) is 2.63. The number of benzene rings is 2. The van der Waals surface area contributed by atoms with Gasteiger partial charge in [-0.1, -0.05) is 54.6 Å². The molecule has 0 aliphatic rings. The van der Waals surface area contributed by atoms with Crippen LogP contribution < -0.4 is 0 Å². The highest BCUT2D eigenvalue weighted by Crippen LogP contribution is 2.21. The van der Waals surface area contributed by atoms with Crippen LogP contribution in [-0.4, -0.2) is 30.9 Å². The lowest BCUT2D eigenvalue weighted by Gasteiger charge is -2.15. The standard InChI is InChI=1S/C20H20O5/c1-3-24-19(22)17(20(23)25-4-2)14-10-12-16(13-11-14)18(21)15-8-6-5-7-9-15/h5-13,17H,3-4H2,1-2H3. The SMILES string of the molecule is CCOC(=O)C(C(=O)OCC)c1ccc(C(=O)c2ccccc2)cc1. The van der Waals surface area contributed by atoms with E-state index >= 15 is 0 Å². The predicted molar refractivity (Wildman–Crippen MR) is 92.3 cm³/mol. The van der Waals surface area contributed by atoms with Gasteiger partial charge in [0.2, 0.25) is 0 Å². The Hall–Kier alpha value is -2.95. The predicted octanol–water partition coefficient (Wildman–Crippen LogP) is 3.13. The smallest absolute Gasteiger partial charge is 0.324 e. The first-order valence-corrected chi connectivity index (χ1v) is 8.11. The van der Waals surface area contributed by atoms with Gasteiger partial charge in [-0.2, -0.15) is 0 Å². The molecule has 2 rings (SSSR count). The Bertz CT molecular complexity index is 716. The number of hydrogen-bond acceptors (Lipinski definition) is 5. The van der Waals surface area contributed by atoms with Gasteiger partial charge >= 0.3 is 11.9 Å². The molecule has 0 amide bonds. The second-order valence-corrected chi connectivity index (χ2v) is 5.25. The molecular weight excluding hydrogens is 320 g/mol. The minimum Gasteiger partial charge on any atom is -0.465 e. The van der Waals surface area contributed by atoms with Crippen LogP contribution in [-0.2, 0) is 19.1 Å². The maximum atomic E-state index is 12.4. The fourth-order valence-corrected chi connectivity index (χ4v) is 2.40. The molecule has 2 aromatic carbocycles. The van der Waals surface area contributed by atoms with Crippen LogP contribution in [0.2, 0.25) is 0 Å². The van der Waals surface area contributed by atoms with Crippen molar-refractivity contribution in [2.45, 2.75) is 19.8 Å². The van der Waals surface area contributed by atoms with Crippen LogP contribution in [0.15, 0.2) is 54.6 Å². The van der Waals surface area contributed by atoms with E-state index in [1.807, 2.05) is 6.07 Å². The first-order valence-electron chi connectivity index (χ1n) is 8.11. The van der Waals surface area contributed by atoms with Gasteiger partial charge in [0, 0.05) is 11.1 Å². The maximum absolute atomic E-state index is 12.4. The first kappa shape index (κ1) is 18.4. The number of ketones is 1. The molecule has 25 heavy (non-hydrogen) atoms. The lowest BCUT2D eigenvalue weighted by atomic mass is 9.96. The van der Waals surface area contributed by atoms with Gasteiger partial charge in [0.25, 0.3) is 0 Å². The van der Waals surface area contributed by atoms with Crippen molar-refractivity contribution in [3.8, 4) is 0 Å². The van der Waals surface area contributed by atoms with Crippen LogP contribution in [0, 0.1) is 0 Å². The molecule has 0 spiro atoms. The fourth-order valence-electron chi connectivity index (χ4n) is 2.40. The highest BCUT2D eigenvalue weighted by Gasteiger charge is 2.31. The number of hydrogen-bond donors (Lipinski definition) is 0. The quantitative estimate of drug-likeness (QED) is 0.440. The van der Waals surface area contributed by atoms with E-state index in [1.165, 1.54) is 0 Å². The molecule has 0 aliphatic carbocycles.